The Bertz CT molecular complexity index is 797. The molecule has 184 valence electrons. The molecule has 5 nitrogen and oxygen atoms in total. The van der Waals surface area contributed by atoms with Crippen molar-refractivity contribution < 1.29 is 12.3 Å². The van der Waals surface area contributed by atoms with Gasteiger partial charge in [0.25, 0.3) is 0 Å². The minimum absolute atomic E-state index is 0.677. The second kappa shape index (κ2) is 12.2. The monoisotopic (exact) mass is 520 g/mol. The molecular weight excluding hydrogens is 477 g/mol. The first kappa shape index (κ1) is 28.3. The molecule has 0 atom stereocenters. The van der Waals surface area contributed by atoms with Crippen molar-refractivity contribution in [1.82, 2.24) is 0 Å². The average Bonchev–Trinajstić information content (AvgIpc) is 2.76. The van der Waals surface area contributed by atoms with Gasteiger partial charge in [-0.1, -0.05) is 60.7 Å². The number of benzene rings is 2. The van der Waals surface area contributed by atoms with Crippen LogP contribution in [0.5, 0.6) is 0 Å². The first-order valence-electron chi connectivity index (χ1n) is 12.1. The van der Waals surface area contributed by atoms with Gasteiger partial charge in [0.1, 0.15) is 0 Å². The predicted octanol–water partition coefficient (Wildman–Crippen LogP) is 4.10. The van der Waals surface area contributed by atoms with E-state index in [9.17, 15) is 0 Å². The standard InChI is InChI=1S/C24H44N2O3Si4/c1-30(2,21-13-19-25)27-32(5,6)29-33(23-15-9-7-10-16-23,24-17-11-8-12-18-24)28-31(3,4)22-14-20-26/h7-12,15-18H,13-14,19-22,25-26H2,1-6H3. The van der Waals surface area contributed by atoms with Gasteiger partial charge < -0.3 is 23.8 Å². The molecule has 0 amide bonds. The lowest BCUT2D eigenvalue weighted by Crippen LogP contribution is -2.71. The molecule has 2 aromatic carbocycles. The van der Waals surface area contributed by atoms with Crippen molar-refractivity contribution in [3.05, 3.63) is 60.7 Å². The lowest BCUT2D eigenvalue weighted by atomic mass is 10.4. The molecule has 2 rings (SSSR count). The fourth-order valence-corrected chi connectivity index (χ4v) is 23.0. The second-order valence-corrected chi connectivity index (χ2v) is 26.0. The molecular formula is C24H44N2O3Si4. The van der Waals surface area contributed by atoms with Crippen molar-refractivity contribution in [2.75, 3.05) is 13.1 Å². The van der Waals surface area contributed by atoms with Crippen LogP contribution in [0.2, 0.25) is 51.4 Å². The summed E-state index contributed by atoms with van der Waals surface area (Å²) in [7, 11) is -9.62. The van der Waals surface area contributed by atoms with Crippen LogP contribution in [-0.4, -0.2) is 46.8 Å². The maximum atomic E-state index is 7.28. The summed E-state index contributed by atoms with van der Waals surface area (Å²) in [4.78, 5) is 0. The maximum Gasteiger partial charge on any atom is 0.388 e. The van der Waals surface area contributed by atoms with Crippen molar-refractivity contribution in [3.63, 3.8) is 0 Å². The van der Waals surface area contributed by atoms with E-state index in [1.165, 1.54) is 0 Å². The molecule has 0 saturated heterocycles. The summed E-state index contributed by atoms with van der Waals surface area (Å²) in [5, 5.41) is 2.27. The van der Waals surface area contributed by atoms with Crippen LogP contribution >= 0.6 is 0 Å². The molecule has 9 heteroatoms. The summed E-state index contributed by atoms with van der Waals surface area (Å²) in [5.74, 6) is 0. The van der Waals surface area contributed by atoms with Crippen LogP contribution in [0, 0.1) is 0 Å². The molecule has 0 saturated carbocycles. The summed E-state index contributed by atoms with van der Waals surface area (Å²) in [5.41, 5.74) is 11.7. The zero-order valence-electron chi connectivity index (χ0n) is 21.4. The average molecular weight is 521 g/mol. The minimum Gasteiger partial charge on any atom is -0.436 e. The third-order valence-corrected chi connectivity index (χ3v) is 21.6. The molecule has 2 aromatic rings. The van der Waals surface area contributed by atoms with Crippen LogP contribution < -0.4 is 21.8 Å². The van der Waals surface area contributed by atoms with E-state index in [1.807, 2.05) is 12.1 Å². The topological polar surface area (TPSA) is 79.7 Å². The van der Waals surface area contributed by atoms with Gasteiger partial charge in [-0.15, -0.1) is 0 Å². The molecule has 0 bridgehead atoms. The first-order valence-corrected chi connectivity index (χ1v) is 22.9. The van der Waals surface area contributed by atoms with Crippen molar-refractivity contribution in [1.29, 1.82) is 0 Å². The number of rotatable bonds is 14. The Labute approximate surface area is 205 Å². The quantitative estimate of drug-likeness (QED) is 0.367. The van der Waals surface area contributed by atoms with Crippen LogP contribution in [-0.2, 0) is 12.3 Å². The molecule has 0 aromatic heterocycles. The Kier molecular flexibility index (Phi) is 10.5. The van der Waals surface area contributed by atoms with Crippen molar-refractivity contribution in [2.24, 2.45) is 11.5 Å². The highest BCUT2D eigenvalue weighted by molar-refractivity contribution is 7.02. The van der Waals surface area contributed by atoms with Crippen LogP contribution in [0.4, 0.5) is 0 Å². The SMILES string of the molecule is C[Si](C)(CCCN)O[Si](C)(C)O[Si](O[Si](C)(C)CCCN)(c1ccccc1)c1ccccc1. The Balaban J connectivity index is 2.57. The molecule has 0 aliphatic carbocycles. The Morgan fingerprint density at radius 3 is 1.36 bits per heavy atom. The summed E-state index contributed by atoms with van der Waals surface area (Å²) >= 11 is 0. The maximum absolute atomic E-state index is 7.28. The van der Waals surface area contributed by atoms with E-state index in [0.29, 0.717) is 13.1 Å². The molecule has 0 aliphatic heterocycles. The second-order valence-electron chi connectivity index (χ2n) is 10.4. The highest BCUT2D eigenvalue weighted by Gasteiger charge is 2.52. The largest absolute Gasteiger partial charge is 0.436 e. The Morgan fingerprint density at radius 2 is 0.970 bits per heavy atom. The van der Waals surface area contributed by atoms with E-state index in [0.717, 1.165) is 35.3 Å². The van der Waals surface area contributed by atoms with E-state index in [4.69, 9.17) is 23.8 Å². The summed E-state index contributed by atoms with van der Waals surface area (Å²) in [6, 6.07) is 23.1. The van der Waals surface area contributed by atoms with E-state index in [1.54, 1.807) is 0 Å². The van der Waals surface area contributed by atoms with E-state index in [2.05, 4.69) is 87.8 Å². The van der Waals surface area contributed by atoms with Crippen LogP contribution in [0.3, 0.4) is 0 Å². The van der Waals surface area contributed by atoms with Crippen LogP contribution in [0.1, 0.15) is 12.8 Å². The van der Waals surface area contributed by atoms with Gasteiger partial charge in [0.15, 0.2) is 16.6 Å². The summed E-state index contributed by atoms with van der Waals surface area (Å²) in [6.07, 6.45) is 1.95. The van der Waals surface area contributed by atoms with Crippen molar-refractivity contribution in [2.45, 2.75) is 64.2 Å². The summed E-state index contributed by atoms with van der Waals surface area (Å²) < 4.78 is 21.4. The molecule has 0 spiro atoms. The smallest absolute Gasteiger partial charge is 0.388 e. The third-order valence-electron chi connectivity index (χ3n) is 5.61. The molecule has 0 unspecified atom stereocenters. The first-order chi connectivity index (χ1) is 15.5. The highest BCUT2D eigenvalue weighted by Crippen LogP contribution is 2.27. The zero-order valence-corrected chi connectivity index (χ0v) is 25.4. The van der Waals surface area contributed by atoms with Crippen molar-refractivity contribution in [3.8, 4) is 0 Å². The normalized spacial score (nSPS) is 13.3. The lowest BCUT2D eigenvalue weighted by Gasteiger charge is -2.44. The van der Waals surface area contributed by atoms with Gasteiger partial charge in [0, 0.05) is 0 Å². The summed E-state index contributed by atoms with van der Waals surface area (Å²) in [6.45, 7) is 14.8. The fraction of sp³-hybridized carbons (Fsp3) is 0.500. The highest BCUT2D eigenvalue weighted by atomic mass is 28.5. The van der Waals surface area contributed by atoms with Crippen LogP contribution in [0.25, 0.3) is 0 Å². The molecule has 33 heavy (non-hydrogen) atoms. The van der Waals surface area contributed by atoms with Crippen LogP contribution in [0.15, 0.2) is 60.7 Å². The van der Waals surface area contributed by atoms with E-state index >= 15 is 0 Å². The lowest BCUT2D eigenvalue weighted by molar-refractivity contribution is 0.339. The molecule has 0 heterocycles. The molecule has 0 radical (unpaired) electrons. The van der Waals surface area contributed by atoms with Gasteiger partial charge in [0.2, 0.25) is 0 Å². The number of hydrogen-bond acceptors (Lipinski definition) is 5. The fourth-order valence-electron chi connectivity index (χ4n) is 4.32. The predicted molar refractivity (Wildman–Crippen MR) is 151 cm³/mol. The number of nitrogens with two attached hydrogens (primary N) is 2. The van der Waals surface area contributed by atoms with Gasteiger partial charge >= 0.3 is 17.1 Å². The van der Waals surface area contributed by atoms with Gasteiger partial charge in [-0.2, -0.15) is 0 Å². The van der Waals surface area contributed by atoms with Crippen molar-refractivity contribution >= 4 is 44.1 Å². The van der Waals surface area contributed by atoms with Gasteiger partial charge in [0.05, 0.1) is 0 Å². The van der Waals surface area contributed by atoms with Gasteiger partial charge in [-0.05, 0) is 87.7 Å². The van der Waals surface area contributed by atoms with E-state index < -0.39 is 33.8 Å². The molecule has 4 N–H and O–H groups in total. The van der Waals surface area contributed by atoms with Gasteiger partial charge in [-0.3, -0.25) is 0 Å². The molecule has 0 aliphatic rings. The Morgan fingerprint density at radius 1 is 0.576 bits per heavy atom. The zero-order chi connectivity index (χ0) is 24.6. The Hall–Kier alpha value is -0.892. The number of hydrogen-bond donors (Lipinski definition) is 2. The van der Waals surface area contributed by atoms with E-state index in [-0.39, 0.29) is 0 Å². The third kappa shape index (κ3) is 8.68. The minimum atomic E-state index is -3.04. The molecule has 0 fully saturated rings. The van der Waals surface area contributed by atoms with Gasteiger partial charge in [-0.25, -0.2) is 0 Å².